The molecule has 0 fully saturated rings. The Hall–Kier alpha value is -2.19. The highest BCUT2D eigenvalue weighted by Gasteiger charge is 2.04. The van der Waals surface area contributed by atoms with Crippen LogP contribution in [0.2, 0.25) is 0 Å². The van der Waals surface area contributed by atoms with E-state index in [1.807, 2.05) is 60.7 Å². The van der Waals surface area contributed by atoms with E-state index < -0.39 is 0 Å². The lowest BCUT2D eigenvalue weighted by Gasteiger charge is -2.04. The van der Waals surface area contributed by atoms with Crippen molar-refractivity contribution in [3.8, 4) is 21.6 Å². The molecule has 1 aromatic heterocycles. The average molecular weight is 264 g/mol. The molecule has 1 nitrogen and oxygen atoms in total. The lowest BCUT2D eigenvalue weighted by Crippen LogP contribution is -1.93. The fourth-order valence-corrected chi connectivity index (χ4v) is 2.86. The van der Waals surface area contributed by atoms with E-state index in [1.54, 1.807) is 6.07 Å². The minimum Gasteiger partial charge on any atom is -0.278 e. The molecular formula is C17H12OS. The highest BCUT2D eigenvalue weighted by molar-refractivity contribution is 7.12. The zero-order chi connectivity index (χ0) is 13.1. The Bertz CT molecular complexity index is 669. The zero-order valence-corrected chi connectivity index (χ0v) is 11.1. The molecule has 0 spiro atoms. The molecule has 3 aromatic rings. The van der Waals surface area contributed by atoms with Gasteiger partial charge in [-0.2, -0.15) is 0 Å². The monoisotopic (exact) mass is 264 g/mol. The molecule has 92 valence electrons. The quantitative estimate of drug-likeness (QED) is 0.668. The van der Waals surface area contributed by atoms with Gasteiger partial charge in [0.2, 0.25) is 4.74 Å². The molecule has 0 aliphatic carbocycles. The third-order valence-electron chi connectivity index (χ3n) is 2.94. The van der Waals surface area contributed by atoms with E-state index in [9.17, 15) is 4.79 Å². The molecule has 0 bridgehead atoms. The molecule has 0 saturated carbocycles. The van der Waals surface area contributed by atoms with Crippen molar-refractivity contribution in [2.24, 2.45) is 0 Å². The van der Waals surface area contributed by atoms with Crippen molar-refractivity contribution in [1.82, 2.24) is 0 Å². The number of rotatable bonds is 2. The van der Waals surface area contributed by atoms with E-state index in [1.165, 1.54) is 11.3 Å². The van der Waals surface area contributed by atoms with Crippen molar-refractivity contribution in [2.75, 3.05) is 0 Å². The standard InChI is InChI=1S/C17H12OS/c18-17-12-15(13-7-3-1-4-8-13)11-16(19-17)14-9-5-2-6-10-14/h1-12H. The smallest absolute Gasteiger partial charge is 0.233 e. The van der Waals surface area contributed by atoms with Crippen LogP contribution in [0, 0.1) is 0 Å². The third-order valence-corrected chi connectivity index (χ3v) is 3.83. The first kappa shape index (κ1) is 11.9. The minimum absolute atomic E-state index is 0.0835. The van der Waals surface area contributed by atoms with Gasteiger partial charge in [0.05, 0.1) is 0 Å². The van der Waals surface area contributed by atoms with E-state index in [0.29, 0.717) is 0 Å². The van der Waals surface area contributed by atoms with E-state index in [-0.39, 0.29) is 4.74 Å². The first-order valence-electron chi connectivity index (χ1n) is 6.09. The van der Waals surface area contributed by atoms with Crippen molar-refractivity contribution in [3.63, 3.8) is 0 Å². The molecule has 19 heavy (non-hydrogen) atoms. The highest BCUT2D eigenvalue weighted by Crippen LogP contribution is 2.27. The summed E-state index contributed by atoms with van der Waals surface area (Å²) < 4.78 is 0.0835. The predicted octanol–water partition coefficient (Wildman–Crippen LogP) is 4.44. The Morgan fingerprint density at radius 1 is 0.632 bits per heavy atom. The highest BCUT2D eigenvalue weighted by atomic mass is 32.1. The van der Waals surface area contributed by atoms with Gasteiger partial charge in [-0.1, -0.05) is 72.0 Å². The van der Waals surface area contributed by atoms with E-state index in [0.717, 1.165) is 21.6 Å². The average Bonchev–Trinajstić information content (AvgIpc) is 2.48. The molecule has 2 aromatic carbocycles. The summed E-state index contributed by atoms with van der Waals surface area (Å²) in [5, 5.41) is 0. The summed E-state index contributed by atoms with van der Waals surface area (Å²) >= 11 is 1.28. The third kappa shape index (κ3) is 2.64. The molecule has 3 rings (SSSR count). The number of hydrogen-bond acceptors (Lipinski definition) is 2. The second kappa shape index (κ2) is 5.21. The second-order valence-electron chi connectivity index (χ2n) is 4.26. The zero-order valence-electron chi connectivity index (χ0n) is 10.2. The molecule has 1 heterocycles. The van der Waals surface area contributed by atoms with E-state index in [2.05, 4.69) is 6.07 Å². The Labute approximate surface area is 115 Å². The van der Waals surface area contributed by atoms with Crippen molar-refractivity contribution in [1.29, 1.82) is 0 Å². The predicted molar refractivity (Wildman–Crippen MR) is 81.5 cm³/mol. The van der Waals surface area contributed by atoms with Crippen LogP contribution in [0.4, 0.5) is 0 Å². The number of benzene rings is 2. The maximum atomic E-state index is 11.9. The first-order valence-corrected chi connectivity index (χ1v) is 6.90. The van der Waals surface area contributed by atoms with Crippen LogP contribution in [0.3, 0.4) is 0 Å². The van der Waals surface area contributed by atoms with Crippen molar-refractivity contribution < 1.29 is 0 Å². The summed E-state index contributed by atoms with van der Waals surface area (Å²) in [7, 11) is 0. The SMILES string of the molecule is O=c1cc(-c2ccccc2)cc(-c2ccccc2)s1. The van der Waals surface area contributed by atoms with Crippen LogP contribution in [0.1, 0.15) is 0 Å². The largest absolute Gasteiger partial charge is 0.278 e. The molecule has 0 unspecified atom stereocenters. The second-order valence-corrected chi connectivity index (χ2v) is 5.31. The van der Waals surface area contributed by atoms with Crippen molar-refractivity contribution in [3.05, 3.63) is 82.3 Å². The summed E-state index contributed by atoms with van der Waals surface area (Å²) in [5.41, 5.74) is 3.13. The summed E-state index contributed by atoms with van der Waals surface area (Å²) in [6, 6.07) is 23.8. The van der Waals surface area contributed by atoms with Crippen LogP contribution in [0.25, 0.3) is 21.6 Å². The molecule has 0 saturated heterocycles. The topological polar surface area (TPSA) is 17.1 Å². The molecule has 0 N–H and O–H groups in total. The van der Waals surface area contributed by atoms with Gasteiger partial charge in [0.15, 0.2) is 0 Å². The Morgan fingerprint density at radius 2 is 1.21 bits per heavy atom. The summed E-state index contributed by atoms with van der Waals surface area (Å²) in [6.45, 7) is 0. The Balaban J connectivity index is 2.15. The van der Waals surface area contributed by atoms with Gasteiger partial charge >= 0.3 is 0 Å². The minimum atomic E-state index is 0.0835. The Kier molecular flexibility index (Phi) is 3.25. The van der Waals surface area contributed by atoms with Gasteiger partial charge in [-0.05, 0) is 22.8 Å². The number of hydrogen-bond donors (Lipinski definition) is 0. The molecule has 2 heteroatoms. The first-order chi connectivity index (χ1) is 9.33. The molecule has 0 atom stereocenters. The van der Waals surface area contributed by atoms with Crippen LogP contribution >= 0.6 is 11.3 Å². The van der Waals surface area contributed by atoms with Gasteiger partial charge in [-0.15, -0.1) is 0 Å². The van der Waals surface area contributed by atoms with Crippen LogP contribution < -0.4 is 4.74 Å². The maximum absolute atomic E-state index is 11.9. The van der Waals surface area contributed by atoms with Gasteiger partial charge in [0.25, 0.3) is 0 Å². The Morgan fingerprint density at radius 3 is 1.84 bits per heavy atom. The van der Waals surface area contributed by atoms with Crippen LogP contribution in [-0.4, -0.2) is 0 Å². The van der Waals surface area contributed by atoms with Gasteiger partial charge in [-0.25, -0.2) is 0 Å². The normalized spacial score (nSPS) is 10.3. The molecule has 0 aliphatic heterocycles. The van der Waals surface area contributed by atoms with Crippen molar-refractivity contribution in [2.45, 2.75) is 0 Å². The molecule has 0 aliphatic rings. The van der Waals surface area contributed by atoms with Crippen molar-refractivity contribution >= 4 is 11.3 Å². The lowest BCUT2D eigenvalue weighted by molar-refractivity contribution is 1.62. The maximum Gasteiger partial charge on any atom is 0.233 e. The van der Waals surface area contributed by atoms with Crippen LogP contribution in [0.5, 0.6) is 0 Å². The van der Waals surface area contributed by atoms with Gasteiger partial charge in [0.1, 0.15) is 0 Å². The van der Waals surface area contributed by atoms with Gasteiger partial charge in [0, 0.05) is 10.9 Å². The van der Waals surface area contributed by atoms with Gasteiger partial charge < -0.3 is 0 Å². The molecular weight excluding hydrogens is 252 g/mol. The van der Waals surface area contributed by atoms with Crippen LogP contribution in [-0.2, 0) is 0 Å². The van der Waals surface area contributed by atoms with Gasteiger partial charge in [-0.3, -0.25) is 4.79 Å². The van der Waals surface area contributed by atoms with Crippen LogP contribution in [0.15, 0.2) is 77.6 Å². The molecule has 0 radical (unpaired) electrons. The summed E-state index contributed by atoms with van der Waals surface area (Å²) in [6.07, 6.45) is 0. The summed E-state index contributed by atoms with van der Waals surface area (Å²) in [5.74, 6) is 0. The van der Waals surface area contributed by atoms with E-state index >= 15 is 0 Å². The lowest BCUT2D eigenvalue weighted by atomic mass is 10.1. The van der Waals surface area contributed by atoms with E-state index in [4.69, 9.17) is 0 Å². The fraction of sp³-hybridized carbons (Fsp3) is 0. The molecule has 0 amide bonds. The summed E-state index contributed by atoms with van der Waals surface area (Å²) in [4.78, 5) is 12.9. The fourth-order valence-electron chi connectivity index (χ4n) is 2.02.